The molecule has 2 rings (SSSR count). The average molecular weight is 355 g/mol. The van der Waals surface area contributed by atoms with Crippen molar-refractivity contribution in [2.75, 3.05) is 45.5 Å². The van der Waals surface area contributed by atoms with Gasteiger partial charge in [0, 0.05) is 39.0 Å². The highest BCUT2D eigenvalue weighted by atomic mass is 32.2. The van der Waals surface area contributed by atoms with Crippen molar-refractivity contribution in [1.82, 2.24) is 14.5 Å². The topological polar surface area (TPSA) is 90.0 Å². The molecule has 10 heteroatoms. The van der Waals surface area contributed by atoms with Gasteiger partial charge in [0.25, 0.3) is 5.92 Å². The molecule has 23 heavy (non-hydrogen) atoms. The number of β-amino-alcohol motifs (C(OH)–C–C–N with tert-alkyl or cyclic N) is 1. The standard InChI is InChI=1S/C13H23F2N3O4S/c1-23(21,22)16-8-11(19)18-7-2-12(20,10-18)9-17-5-3-13(14,15)4-6-17/h16,20H,2-10H2,1H3/t12-/m0/s1. The van der Waals surface area contributed by atoms with Crippen LogP contribution in [0.5, 0.6) is 0 Å². The first kappa shape index (κ1) is 18.5. The normalized spacial score (nSPS) is 29.0. The van der Waals surface area contributed by atoms with Gasteiger partial charge in [-0.25, -0.2) is 21.9 Å². The number of carbonyl (C=O) groups excluding carboxylic acids is 1. The molecule has 1 amide bonds. The number of carbonyl (C=O) groups is 1. The Bertz CT molecular complexity index is 547. The second-order valence-electron chi connectivity index (χ2n) is 6.52. The van der Waals surface area contributed by atoms with Crippen LogP contribution in [-0.2, 0) is 14.8 Å². The van der Waals surface area contributed by atoms with Gasteiger partial charge in [0.15, 0.2) is 0 Å². The lowest BCUT2D eigenvalue weighted by Gasteiger charge is -2.36. The number of amides is 1. The summed E-state index contributed by atoms with van der Waals surface area (Å²) in [5.74, 6) is -3.04. The number of piperidine rings is 1. The molecule has 2 fully saturated rings. The number of aliphatic hydroxyl groups is 1. The van der Waals surface area contributed by atoms with Gasteiger partial charge in [0.1, 0.15) is 0 Å². The Kier molecular flexibility index (Phi) is 5.29. The van der Waals surface area contributed by atoms with E-state index in [0.29, 0.717) is 13.0 Å². The van der Waals surface area contributed by atoms with E-state index in [1.807, 2.05) is 0 Å². The largest absolute Gasteiger partial charge is 0.387 e. The van der Waals surface area contributed by atoms with E-state index >= 15 is 0 Å². The van der Waals surface area contributed by atoms with Crippen LogP contribution in [0.3, 0.4) is 0 Å². The minimum absolute atomic E-state index is 0.0875. The smallest absolute Gasteiger partial charge is 0.250 e. The van der Waals surface area contributed by atoms with Crippen LogP contribution >= 0.6 is 0 Å². The lowest BCUT2D eigenvalue weighted by atomic mass is 10.00. The summed E-state index contributed by atoms with van der Waals surface area (Å²) >= 11 is 0. The predicted molar refractivity (Wildman–Crippen MR) is 79.6 cm³/mol. The summed E-state index contributed by atoms with van der Waals surface area (Å²) in [6.07, 6.45) is 0.880. The minimum atomic E-state index is -3.45. The molecule has 0 aromatic heterocycles. The Morgan fingerprint density at radius 1 is 1.22 bits per heavy atom. The SMILES string of the molecule is CS(=O)(=O)NCC(=O)N1CC[C@](O)(CN2CCC(F)(F)CC2)C1. The van der Waals surface area contributed by atoms with E-state index in [-0.39, 0.29) is 45.6 Å². The van der Waals surface area contributed by atoms with E-state index < -0.39 is 27.5 Å². The molecule has 7 nitrogen and oxygen atoms in total. The van der Waals surface area contributed by atoms with Gasteiger partial charge in [0.05, 0.1) is 24.9 Å². The van der Waals surface area contributed by atoms with E-state index in [9.17, 15) is 27.1 Å². The molecule has 2 heterocycles. The highest BCUT2D eigenvalue weighted by Crippen LogP contribution is 2.30. The second-order valence-corrected chi connectivity index (χ2v) is 8.35. The maximum absolute atomic E-state index is 13.1. The molecular formula is C13H23F2N3O4S. The molecule has 2 aliphatic heterocycles. The Morgan fingerprint density at radius 3 is 2.39 bits per heavy atom. The molecule has 0 aromatic carbocycles. The summed E-state index contributed by atoms with van der Waals surface area (Å²) in [5, 5.41) is 10.6. The highest BCUT2D eigenvalue weighted by molar-refractivity contribution is 7.88. The molecule has 0 aromatic rings. The molecule has 2 aliphatic rings. The van der Waals surface area contributed by atoms with Gasteiger partial charge in [-0.2, -0.15) is 0 Å². The number of rotatable bonds is 5. The van der Waals surface area contributed by atoms with Crippen LogP contribution in [0, 0.1) is 0 Å². The first-order chi connectivity index (χ1) is 10.5. The Balaban J connectivity index is 1.82. The molecule has 2 saturated heterocycles. The first-order valence-electron chi connectivity index (χ1n) is 7.53. The van der Waals surface area contributed by atoms with Gasteiger partial charge in [-0.05, 0) is 6.42 Å². The third-order valence-electron chi connectivity index (χ3n) is 4.28. The van der Waals surface area contributed by atoms with Crippen molar-refractivity contribution in [2.45, 2.75) is 30.8 Å². The maximum atomic E-state index is 13.1. The molecule has 0 aliphatic carbocycles. The molecule has 1 atom stereocenters. The number of nitrogens with zero attached hydrogens (tertiary/aromatic N) is 2. The summed E-state index contributed by atoms with van der Waals surface area (Å²) in [6.45, 7) is 0.754. The summed E-state index contributed by atoms with van der Waals surface area (Å²) in [6, 6.07) is 0. The van der Waals surface area contributed by atoms with Crippen molar-refractivity contribution in [2.24, 2.45) is 0 Å². The molecule has 0 radical (unpaired) electrons. The average Bonchev–Trinajstić information content (AvgIpc) is 2.80. The summed E-state index contributed by atoms with van der Waals surface area (Å²) < 4.78 is 50.4. The fourth-order valence-corrected chi connectivity index (χ4v) is 3.34. The second kappa shape index (κ2) is 6.58. The number of nitrogens with one attached hydrogen (secondary N) is 1. The molecule has 0 bridgehead atoms. The van der Waals surface area contributed by atoms with Crippen LogP contribution in [0.25, 0.3) is 0 Å². The zero-order valence-electron chi connectivity index (χ0n) is 13.1. The number of halogens is 2. The summed E-state index contributed by atoms with van der Waals surface area (Å²) in [7, 11) is -3.45. The van der Waals surface area contributed by atoms with E-state index in [1.165, 1.54) is 4.90 Å². The number of alkyl halides is 2. The molecule has 134 valence electrons. The van der Waals surface area contributed by atoms with Crippen molar-refractivity contribution < 1.29 is 27.1 Å². The van der Waals surface area contributed by atoms with Crippen LogP contribution in [-0.4, -0.2) is 86.3 Å². The summed E-state index contributed by atoms with van der Waals surface area (Å²) in [4.78, 5) is 15.1. The van der Waals surface area contributed by atoms with Gasteiger partial charge in [-0.3, -0.25) is 9.69 Å². The number of sulfonamides is 1. The third kappa shape index (κ3) is 5.63. The van der Waals surface area contributed by atoms with Gasteiger partial charge < -0.3 is 10.0 Å². The lowest BCUT2D eigenvalue weighted by molar-refractivity contribution is -0.130. The van der Waals surface area contributed by atoms with Crippen LogP contribution < -0.4 is 4.72 Å². The number of hydrogen-bond acceptors (Lipinski definition) is 5. The maximum Gasteiger partial charge on any atom is 0.250 e. The van der Waals surface area contributed by atoms with Crippen LogP contribution in [0.1, 0.15) is 19.3 Å². The lowest BCUT2D eigenvalue weighted by Crippen LogP contribution is -2.50. The fraction of sp³-hybridized carbons (Fsp3) is 0.923. The highest BCUT2D eigenvalue weighted by Gasteiger charge is 2.42. The van der Waals surface area contributed by atoms with Crippen molar-refractivity contribution in [3.05, 3.63) is 0 Å². The number of likely N-dealkylation sites (tertiary alicyclic amines) is 2. The monoisotopic (exact) mass is 355 g/mol. The minimum Gasteiger partial charge on any atom is -0.387 e. The van der Waals surface area contributed by atoms with Crippen LogP contribution in [0.15, 0.2) is 0 Å². The Morgan fingerprint density at radius 2 is 1.83 bits per heavy atom. The third-order valence-corrected chi connectivity index (χ3v) is 4.94. The van der Waals surface area contributed by atoms with E-state index in [1.54, 1.807) is 4.90 Å². The fourth-order valence-electron chi connectivity index (χ4n) is 2.96. The zero-order chi connectivity index (χ0) is 17.3. The predicted octanol–water partition coefficient (Wildman–Crippen LogP) is -0.770. The number of hydrogen-bond donors (Lipinski definition) is 2. The van der Waals surface area contributed by atoms with Gasteiger partial charge in [-0.15, -0.1) is 0 Å². The van der Waals surface area contributed by atoms with E-state index in [2.05, 4.69) is 4.72 Å². The van der Waals surface area contributed by atoms with Gasteiger partial charge in [-0.1, -0.05) is 0 Å². The molecule has 0 saturated carbocycles. The van der Waals surface area contributed by atoms with Crippen LogP contribution in [0.4, 0.5) is 8.78 Å². The first-order valence-corrected chi connectivity index (χ1v) is 9.42. The van der Waals surface area contributed by atoms with E-state index in [0.717, 1.165) is 6.26 Å². The quantitative estimate of drug-likeness (QED) is 0.676. The van der Waals surface area contributed by atoms with Gasteiger partial charge in [0.2, 0.25) is 15.9 Å². The molecule has 0 spiro atoms. The van der Waals surface area contributed by atoms with Crippen molar-refractivity contribution in [1.29, 1.82) is 0 Å². The molecular weight excluding hydrogens is 332 g/mol. The Labute approximate surface area is 134 Å². The molecule has 2 N–H and O–H groups in total. The molecule has 0 unspecified atom stereocenters. The van der Waals surface area contributed by atoms with Crippen LogP contribution in [0.2, 0.25) is 0 Å². The summed E-state index contributed by atoms with van der Waals surface area (Å²) in [5.41, 5.74) is -1.13. The van der Waals surface area contributed by atoms with E-state index in [4.69, 9.17) is 0 Å². The zero-order valence-corrected chi connectivity index (χ0v) is 13.9. The van der Waals surface area contributed by atoms with Crippen molar-refractivity contribution in [3.63, 3.8) is 0 Å². The van der Waals surface area contributed by atoms with Crippen molar-refractivity contribution in [3.8, 4) is 0 Å². The van der Waals surface area contributed by atoms with Crippen molar-refractivity contribution >= 4 is 15.9 Å². The Hall–Kier alpha value is -0.840. The van der Waals surface area contributed by atoms with Gasteiger partial charge >= 0.3 is 0 Å².